The zero-order valence-corrected chi connectivity index (χ0v) is 16.4. The van der Waals surface area contributed by atoms with Gasteiger partial charge in [-0.05, 0) is 48.5 Å². The highest BCUT2D eigenvalue weighted by Crippen LogP contribution is 2.24. The Hall–Kier alpha value is -3.84. The van der Waals surface area contributed by atoms with Gasteiger partial charge in [0.2, 0.25) is 0 Å². The molecular formula is C23H21N3O4. The summed E-state index contributed by atoms with van der Waals surface area (Å²) in [4.78, 5) is 16.5. The number of ether oxygens (including phenoxy) is 3. The molecule has 0 unspecified atom stereocenters. The van der Waals surface area contributed by atoms with Crippen molar-refractivity contribution in [3.05, 3.63) is 79.1 Å². The van der Waals surface area contributed by atoms with Gasteiger partial charge in [0, 0.05) is 24.6 Å². The number of nitrogens with zero attached hydrogens (tertiary/aromatic N) is 2. The van der Waals surface area contributed by atoms with Gasteiger partial charge in [-0.1, -0.05) is 18.2 Å². The molecule has 7 nitrogen and oxygen atoms in total. The standard InChI is InChI=1S/C23H21N3O4/c1-28-13-14-29-20-11-12-21-22(15-20)26(16-24-21)18-9-7-17(8-10-18)25-23(27)30-19-5-3-2-4-6-19/h2-12,15-16H,13-14H2,1H3,(H,25,27). The highest BCUT2D eigenvalue weighted by atomic mass is 16.6. The summed E-state index contributed by atoms with van der Waals surface area (Å²) in [5.74, 6) is 1.24. The van der Waals surface area contributed by atoms with Crippen LogP contribution in [0.15, 0.2) is 79.1 Å². The maximum absolute atomic E-state index is 12.0. The molecule has 1 N–H and O–H groups in total. The predicted molar refractivity (Wildman–Crippen MR) is 115 cm³/mol. The van der Waals surface area contributed by atoms with Crippen molar-refractivity contribution in [1.82, 2.24) is 9.55 Å². The highest BCUT2D eigenvalue weighted by molar-refractivity contribution is 5.86. The van der Waals surface area contributed by atoms with E-state index in [0.29, 0.717) is 24.7 Å². The van der Waals surface area contributed by atoms with Crippen LogP contribution in [0.1, 0.15) is 0 Å². The maximum atomic E-state index is 12.0. The van der Waals surface area contributed by atoms with E-state index in [1.165, 1.54) is 0 Å². The lowest BCUT2D eigenvalue weighted by Crippen LogP contribution is -2.16. The SMILES string of the molecule is COCCOc1ccc2ncn(-c3ccc(NC(=O)Oc4ccccc4)cc3)c2c1. The first-order valence-corrected chi connectivity index (χ1v) is 9.46. The number of fused-ring (bicyclic) bond motifs is 1. The van der Waals surface area contributed by atoms with Gasteiger partial charge in [0.05, 0.1) is 17.6 Å². The molecule has 4 rings (SSSR count). The third kappa shape index (κ3) is 4.59. The minimum absolute atomic E-state index is 0.482. The summed E-state index contributed by atoms with van der Waals surface area (Å²) in [6, 6.07) is 22.1. The molecule has 1 heterocycles. The molecule has 0 saturated carbocycles. The normalized spacial score (nSPS) is 10.7. The first-order valence-electron chi connectivity index (χ1n) is 9.46. The first-order chi connectivity index (χ1) is 14.7. The Morgan fingerprint density at radius 1 is 0.967 bits per heavy atom. The van der Waals surface area contributed by atoms with E-state index in [1.54, 1.807) is 37.7 Å². The zero-order valence-electron chi connectivity index (χ0n) is 16.4. The molecule has 0 aliphatic carbocycles. The summed E-state index contributed by atoms with van der Waals surface area (Å²) in [7, 11) is 1.64. The minimum Gasteiger partial charge on any atom is -0.491 e. The molecule has 0 radical (unpaired) electrons. The van der Waals surface area contributed by atoms with Gasteiger partial charge in [0.25, 0.3) is 0 Å². The van der Waals surface area contributed by atoms with Crippen molar-refractivity contribution in [3.8, 4) is 17.2 Å². The Labute approximate surface area is 173 Å². The molecule has 7 heteroatoms. The van der Waals surface area contributed by atoms with Gasteiger partial charge >= 0.3 is 6.09 Å². The van der Waals surface area contributed by atoms with Crippen LogP contribution in [0.5, 0.6) is 11.5 Å². The molecule has 1 amide bonds. The third-order valence-corrected chi connectivity index (χ3v) is 4.42. The zero-order chi connectivity index (χ0) is 20.8. The lowest BCUT2D eigenvalue weighted by molar-refractivity contribution is 0.146. The van der Waals surface area contributed by atoms with Crippen LogP contribution in [0.4, 0.5) is 10.5 Å². The number of hydrogen-bond donors (Lipinski definition) is 1. The van der Waals surface area contributed by atoms with E-state index in [1.807, 2.05) is 53.1 Å². The lowest BCUT2D eigenvalue weighted by atomic mass is 10.2. The summed E-state index contributed by atoms with van der Waals surface area (Å²) in [6.07, 6.45) is 1.22. The summed E-state index contributed by atoms with van der Waals surface area (Å²) in [5, 5.41) is 2.72. The Balaban J connectivity index is 1.47. The van der Waals surface area contributed by atoms with Crippen molar-refractivity contribution in [2.75, 3.05) is 25.6 Å². The Bertz CT molecular complexity index is 1120. The molecule has 3 aromatic carbocycles. The van der Waals surface area contributed by atoms with Crippen LogP contribution in [-0.2, 0) is 4.74 Å². The maximum Gasteiger partial charge on any atom is 0.417 e. The average Bonchev–Trinajstić information content (AvgIpc) is 3.18. The number of carbonyl (C=O) groups excluding carboxylic acids is 1. The Morgan fingerprint density at radius 3 is 2.53 bits per heavy atom. The summed E-state index contributed by atoms with van der Waals surface area (Å²) >= 11 is 0. The molecule has 1 aromatic heterocycles. The predicted octanol–water partition coefficient (Wildman–Crippen LogP) is 4.66. The number of carbonyl (C=O) groups is 1. The van der Waals surface area contributed by atoms with Crippen molar-refractivity contribution in [2.24, 2.45) is 0 Å². The molecular weight excluding hydrogens is 382 g/mol. The Kier molecular flexibility index (Phi) is 5.91. The number of nitrogens with one attached hydrogen (secondary N) is 1. The van der Waals surface area contributed by atoms with Crippen molar-refractivity contribution in [3.63, 3.8) is 0 Å². The van der Waals surface area contributed by atoms with Crippen LogP contribution in [0.2, 0.25) is 0 Å². The molecule has 0 bridgehead atoms. The van der Waals surface area contributed by atoms with E-state index in [-0.39, 0.29) is 0 Å². The number of rotatable bonds is 7. The number of methoxy groups -OCH3 is 1. The van der Waals surface area contributed by atoms with E-state index in [4.69, 9.17) is 14.2 Å². The van der Waals surface area contributed by atoms with Gasteiger partial charge in [0.1, 0.15) is 24.4 Å². The molecule has 30 heavy (non-hydrogen) atoms. The molecule has 4 aromatic rings. The molecule has 0 aliphatic rings. The molecule has 0 spiro atoms. The molecule has 0 atom stereocenters. The number of imidazole rings is 1. The average molecular weight is 403 g/mol. The topological polar surface area (TPSA) is 74.6 Å². The van der Waals surface area contributed by atoms with Crippen molar-refractivity contribution >= 4 is 22.8 Å². The molecule has 0 saturated heterocycles. The second-order valence-corrected chi connectivity index (χ2v) is 6.48. The fourth-order valence-electron chi connectivity index (χ4n) is 2.97. The first kappa shape index (κ1) is 19.5. The number of hydrogen-bond acceptors (Lipinski definition) is 5. The van der Waals surface area contributed by atoms with Crippen LogP contribution >= 0.6 is 0 Å². The number of para-hydroxylation sites is 1. The lowest BCUT2D eigenvalue weighted by Gasteiger charge is -2.09. The third-order valence-electron chi connectivity index (χ3n) is 4.42. The fraction of sp³-hybridized carbons (Fsp3) is 0.130. The van der Waals surface area contributed by atoms with Crippen LogP contribution < -0.4 is 14.8 Å². The van der Waals surface area contributed by atoms with Gasteiger partial charge in [-0.2, -0.15) is 0 Å². The van der Waals surface area contributed by atoms with Crippen molar-refractivity contribution < 1.29 is 19.0 Å². The largest absolute Gasteiger partial charge is 0.491 e. The second-order valence-electron chi connectivity index (χ2n) is 6.48. The quantitative estimate of drug-likeness (QED) is 0.454. The van der Waals surface area contributed by atoms with Crippen molar-refractivity contribution in [2.45, 2.75) is 0 Å². The summed E-state index contributed by atoms with van der Waals surface area (Å²) in [5.41, 5.74) is 3.33. The highest BCUT2D eigenvalue weighted by Gasteiger charge is 2.08. The smallest absolute Gasteiger partial charge is 0.417 e. The Morgan fingerprint density at radius 2 is 1.77 bits per heavy atom. The molecule has 152 valence electrons. The fourth-order valence-corrected chi connectivity index (χ4v) is 2.97. The number of anilines is 1. The van der Waals surface area contributed by atoms with E-state index in [2.05, 4.69) is 10.3 Å². The van der Waals surface area contributed by atoms with E-state index < -0.39 is 6.09 Å². The van der Waals surface area contributed by atoms with E-state index in [9.17, 15) is 4.79 Å². The van der Waals surface area contributed by atoms with Gasteiger partial charge in [0.15, 0.2) is 0 Å². The van der Waals surface area contributed by atoms with Crippen LogP contribution in [0.25, 0.3) is 16.7 Å². The van der Waals surface area contributed by atoms with E-state index in [0.717, 1.165) is 22.5 Å². The number of aromatic nitrogens is 2. The minimum atomic E-state index is -0.542. The van der Waals surface area contributed by atoms with Crippen LogP contribution in [-0.4, -0.2) is 36.0 Å². The van der Waals surface area contributed by atoms with Crippen LogP contribution in [0, 0.1) is 0 Å². The second kappa shape index (κ2) is 9.11. The monoisotopic (exact) mass is 403 g/mol. The van der Waals surface area contributed by atoms with Crippen LogP contribution in [0.3, 0.4) is 0 Å². The van der Waals surface area contributed by atoms with Crippen molar-refractivity contribution in [1.29, 1.82) is 0 Å². The van der Waals surface area contributed by atoms with Gasteiger partial charge in [-0.25, -0.2) is 9.78 Å². The van der Waals surface area contributed by atoms with Gasteiger partial charge in [-0.15, -0.1) is 0 Å². The molecule has 0 fully saturated rings. The summed E-state index contributed by atoms with van der Waals surface area (Å²) < 4.78 is 17.9. The van der Waals surface area contributed by atoms with Gasteiger partial charge < -0.3 is 14.2 Å². The number of benzene rings is 3. The van der Waals surface area contributed by atoms with Gasteiger partial charge in [-0.3, -0.25) is 9.88 Å². The summed E-state index contributed by atoms with van der Waals surface area (Å²) in [6.45, 7) is 1.01. The number of amides is 1. The van der Waals surface area contributed by atoms with E-state index >= 15 is 0 Å². The molecule has 0 aliphatic heterocycles.